The third kappa shape index (κ3) is 5.31. The Morgan fingerprint density at radius 3 is 2.13 bits per heavy atom. The number of rotatable bonds is 2. The molecule has 0 spiro atoms. The average Bonchev–Trinajstić information content (AvgIpc) is 3.27. The molecule has 11 heteroatoms. The highest BCUT2D eigenvalue weighted by molar-refractivity contribution is 5.69. The lowest BCUT2D eigenvalue weighted by molar-refractivity contribution is -0.143. The number of ether oxygens (including phenoxy) is 1. The van der Waals surface area contributed by atoms with Crippen LogP contribution in [0.4, 0.5) is 31.1 Å². The number of hydrogen-bond acceptors (Lipinski definition) is 3. The molecule has 1 aromatic heterocycles. The number of alkyl halides is 6. The third-order valence-electron chi connectivity index (χ3n) is 4.72. The minimum Gasteiger partial charge on any atom is -0.444 e. The number of halogens is 6. The molecule has 170 valence electrons. The van der Waals surface area contributed by atoms with Gasteiger partial charge in [0.25, 0.3) is 0 Å². The smallest absolute Gasteiger partial charge is 0.416 e. The maximum absolute atomic E-state index is 13.1. The Kier molecular flexibility index (Phi) is 5.74. The Morgan fingerprint density at radius 2 is 1.61 bits per heavy atom. The first-order chi connectivity index (χ1) is 14.1. The summed E-state index contributed by atoms with van der Waals surface area (Å²) >= 11 is 0. The molecular formula is C20H21F6N3O2. The van der Waals surface area contributed by atoms with Crippen LogP contribution in [-0.4, -0.2) is 33.3 Å². The van der Waals surface area contributed by atoms with E-state index in [-0.39, 0.29) is 17.3 Å². The van der Waals surface area contributed by atoms with E-state index in [0.717, 1.165) is 0 Å². The molecule has 3 rings (SSSR count). The van der Waals surface area contributed by atoms with Crippen molar-refractivity contribution in [3.8, 4) is 11.3 Å². The van der Waals surface area contributed by atoms with E-state index >= 15 is 0 Å². The van der Waals surface area contributed by atoms with Gasteiger partial charge in [-0.05, 0) is 57.9 Å². The van der Waals surface area contributed by atoms with E-state index < -0.39 is 41.2 Å². The van der Waals surface area contributed by atoms with Crippen LogP contribution in [0.25, 0.3) is 11.3 Å². The third-order valence-corrected chi connectivity index (χ3v) is 4.72. The fourth-order valence-corrected chi connectivity index (χ4v) is 3.39. The Morgan fingerprint density at radius 1 is 1.03 bits per heavy atom. The molecule has 5 nitrogen and oxygen atoms in total. The summed E-state index contributed by atoms with van der Waals surface area (Å²) in [5.41, 5.74) is -3.55. The molecule has 31 heavy (non-hydrogen) atoms. The Hall–Kier alpha value is -2.72. The van der Waals surface area contributed by atoms with Crippen LogP contribution >= 0.6 is 0 Å². The minimum atomic E-state index is -4.95. The highest BCUT2D eigenvalue weighted by atomic mass is 19.4. The van der Waals surface area contributed by atoms with Gasteiger partial charge in [0, 0.05) is 12.1 Å². The van der Waals surface area contributed by atoms with Crippen molar-refractivity contribution in [2.45, 2.75) is 57.6 Å². The zero-order valence-corrected chi connectivity index (χ0v) is 17.0. The number of carbonyl (C=O) groups is 1. The van der Waals surface area contributed by atoms with Gasteiger partial charge in [0.05, 0.1) is 28.6 Å². The van der Waals surface area contributed by atoms with Crippen LogP contribution < -0.4 is 0 Å². The fourth-order valence-electron chi connectivity index (χ4n) is 3.39. The molecular weight excluding hydrogens is 428 g/mol. The van der Waals surface area contributed by atoms with E-state index in [2.05, 4.69) is 10.2 Å². The quantitative estimate of drug-likeness (QED) is 0.557. The molecule has 1 fully saturated rings. The second-order valence-corrected chi connectivity index (χ2v) is 8.33. The number of nitrogens with one attached hydrogen (secondary N) is 1. The van der Waals surface area contributed by atoms with Crippen LogP contribution in [0.5, 0.6) is 0 Å². The molecule has 1 N–H and O–H groups in total. The van der Waals surface area contributed by atoms with E-state index in [1.807, 2.05) is 0 Å². The van der Waals surface area contributed by atoms with E-state index in [9.17, 15) is 31.1 Å². The van der Waals surface area contributed by atoms with Crippen LogP contribution in [0.3, 0.4) is 0 Å². The number of H-pyrrole nitrogens is 1. The van der Waals surface area contributed by atoms with Crippen molar-refractivity contribution in [3.63, 3.8) is 0 Å². The van der Waals surface area contributed by atoms with Crippen molar-refractivity contribution < 1.29 is 35.9 Å². The van der Waals surface area contributed by atoms with Crippen LogP contribution in [0.15, 0.2) is 24.3 Å². The number of likely N-dealkylation sites (tertiary alicyclic amines) is 1. The predicted molar refractivity (Wildman–Crippen MR) is 98.9 cm³/mol. The Bertz CT molecular complexity index is 927. The first-order valence-electron chi connectivity index (χ1n) is 9.50. The molecule has 0 radical (unpaired) electrons. The number of amides is 1. The van der Waals surface area contributed by atoms with Gasteiger partial charge >= 0.3 is 18.4 Å². The first kappa shape index (κ1) is 23.0. The maximum Gasteiger partial charge on any atom is 0.416 e. The van der Waals surface area contributed by atoms with Gasteiger partial charge in [-0.3, -0.25) is 10.00 Å². The normalized spacial score (nSPS) is 17.8. The molecule has 0 aliphatic carbocycles. The van der Waals surface area contributed by atoms with E-state index in [0.29, 0.717) is 37.2 Å². The van der Waals surface area contributed by atoms with Crippen molar-refractivity contribution in [2.75, 3.05) is 6.54 Å². The molecule has 2 heterocycles. The second kappa shape index (κ2) is 7.76. The molecule has 1 atom stereocenters. The molecule has 1 aliphatic heterocycles. The summed E-state index contributed by atoms with van der Waals surface area (Å²) in [5, 5.41) is 6.56. The van der Waals surface area contributed by atoms with Gasteiger partial charge in [-0.2, -0.15) is 31.4 Å². The molecule has 1 amide bonds. The predicted octanol–water partition coefficient (Wildman–Crippen LogP) is 6.19. The van der Waals surface area contributed by atoms with Gasteiger partial charge in [0.15, 0.2) is 0 Å². The molecule has 1 aliphatic rings. The van der Waals surface area contributed by atoms with Gasteiger partial charge in [0.1, 0.15) is 5.60 Å². The van der Waals surface area contributed by atoms with Gasteiger partial charge in [-0.1, -0.05) is 0 Å². The molecule has 0 saturated carbocycles. The van der Waals surface area contributed by atoms with Crippen molar-refractivity contribution in [1.29, 1.82) is 0 Å². The van der Waals surface area contributed by atoms with Gasteiger partial charge in [-0.25, -0.2) is 4.79 Å². The molecule has 1 aromatic carbocycles. The largest absolute Gasteiger partial charge is 0.444 e. The summed E-state index contributed by atoms with van der Waals surface area (Å²) in [6.45, 7) is 5.57. The highest BCUT2D eigenvalue weighted by Crippen LogP contribution is 2.39. The lowest BCUT2D eigenvalue weighted by Crippen LogP contribution is -2.36. The number of nitrogens with zero attached hydrogens (tertiary/aromatic N) is 2. The van der Waals surface area contributed by atoms with E-state index in [1.165, 1.54) is 11.0 Å². The topological polar surface area (TPSA) is 58.2 Å². The molecule has 1 saturated heterocycles. The number of benzene rings is 1. The second-order valence-electron chi connectivity index (χ2n) is 8.33. The number of aromatic amines is 1. The zero-order chi connectivity index (χ0) is 23.2. The van der Waals surface area contributed by atoms with E-state index in [4.69, 9.17) is 4.74 Å². The van der Waals surface area contributed by atoms with E-state index in [1.54, 1.807) is 20.8 Å². The van der Waals surface area contributed by atoms with Crippen molar-refractivity contribution >= 4 is 6.09 Å². The summed E-state index contributed by atoms with van der Waals surface area (Å²) in [7, 11) is 0. The molecule has 0 unspecified atom stereocenters. The summed E-state index contributed by atoms with van der Waals surface area (Å²) in [4.78, 5) is 13.9. The summed E-state index contributed by atoms with van der Waals surface area (Å²) in [6, 6.07) is 2.20. The number of hydrogen-bond donors (Lipinski definition) is 1. The van der Waals surface area contributed by atoms with Gasteiger partial charge < -0.3 is 4.74 Å². The lowest BCUT2D eigenvalue weighted by atomic mass is 10.0. The average molecular weight is 449 g/mol. The Labute approximate surface area is 174 Å². The molecule has 2 aromatic rings. The maximum atomic E-state index is 13.1. The summed E-state index contributed by atoms with van der Waals surface area (Å²) in [6.07, 6.45) is -9.23. The van der Waals surface area contributed by atoms with Gasteiger partial charge in [0.2, 0.25) is 0 Å². The minimum absolute atomic E-state index is 0.0677. The van der Waals surface area contributed by atoms with Gasteiger partial charge in [-0.15, -0.1) is 0 Å². The van der Waals surface area contributed by atoms with Crippen LogP contribution in [0.2, 0.25) is 0 Å². The first-order valence-corrected chi connectivity index (χ1v) is 9.50. The van der Waals surface area contributed by atoms with Crippen LogP contribution in [0.1, 0.15) is 56.5 Å². The fraction of sp³-hybridized carbons (Fsp3) is 0.500. The highest BCUT2D eigenvalue weighted by Gasteiger charge is 2.38. The van der Waals surface area contributed by atoms with Crippen LogP contribution in [-0.2, 0) is 17.1 Å². The lowest BCUT2D eigenvalue weighted by Gasteiger charge is -2.28. The SMILES string of the molecule is CC(C)(C)OC(=O)N1CCC[C@H]1c1cc(-c2cc(C(F)(F)F)cc(C(F)(F)F)c2)n[nH]1. The zero-order valence-electron chi connectivity index (χ0n) is 17.0. The number of carbonyl (C=O) groups excluding carboxylic acids is 1. The summed E-state index contributed by atoms with van der Waals surface area (Å²) in [5.74, 6) is 0. The standard InChI is InChI=1S/C20H21F6N3O2/c1-18(2,3)31-17(30)29-6-4-5-16(29)15-10-14(27-28-15)11-7-12(19(21,22)23)9-13(8-11)20(24,25)26/h7-10,16H,4-6H2,1-3H3,(H,27,28)/t16-/m0/s1. The van der Waals surface area contributed by atoms with Crippen molar-refractivity contribution in [3.05, 3.63) is 41.1 Å². The Balaban J connectivity index is 1.94. The molecule has 0 bridgehead atoms. The monoisotopic (exact) mass is 449 g/mol. The number of aromatic nitrogens is 2. The summed E-state index contributed by atoms with van der Waals surface area (Å²) < 4.78 is 84.1. The van der Waals surface area contributed by atoms with Crippen molar-refractivity contribution in [2.24, 2.45) is 0 Å². The van der Waals surface area contributed by atoms with Crippen LogP contribution in [0, 0.1) is 0 Å². The van der Waals surface area contributed by atoms with Crippen molar-refractivity contribution in [1.82, 2.24) is 15.1 Å².